The van der Waals surface area contributed by atoms with Crippen molar-refractivity contribution in [1.29, 1.82) is 0 Å². The Labute approximate surface area is 125 Å². The van der Waals surface area contributed by atoms with Crippen LogP contribution in [0.3, 0.4) is 0 Å². The highest BCUT2D eigenvalue weighted by atomic mass is 79.9. The summed E-state index contributed by atoms with van der Waals surface area (Å²) < 4.78 is 7.07. The second-order valence-electron chi connectivity index (χ2n) is 5.92. The zero-order valence-electron chi connectivity index (χ0n) is 12.3. The molecule has 0 bridgehead atoms. The van der Waals surface area contributed by atoms with Gasteiger partial charge in [-0.1, -0.05) is 13.0 Å². The number of hydrogen-bond acceptors (Lipinski definition) is 2. The average molecular weight is 326 g/mol. The third-order valence-corrected chi connectivity index (χ3v) is 4.75. The van der Waals surface area contributed by atoms with Crippen LogP contribution in [0, 0.1) is 13.8 Å². The first-order chi connectivity index (χ1) is 8.93. The van der Waals surface area contributed by atoms with E-state index in [-0.39, 0.29) is 5.60 Å². The molecule has 1 aliphatic rings. The Hall–Kier alpha value is -0.540. The molecular formula is C16H24BrNO. The first-order valence-electron chi connectivity index (χ1n) is 7.11. The van der Waals surface area contributed by atoms with Crippen LogP contribution >= 0.6 is 15.9 Å². The van der Waals surface area contributed by atoms with Gasteiger partial charge in [-0.15, -0.1) is 0 Å². The van der Waals surface area contributed by atoms with Crippen molar-refractivity contribution >= 4 is 21.6 Å². The Bertz CT molecular complexity index is 437. The molecule has 0 saturated carbocycles. The van der Waals surface area contributed by atoms with E-state index < -0.39 is 0 Å². The number of anilines is 1. The van der Waals surface area contributed by atoms with E-state index in [0.717, 1.165) is 30.3 Å². The van der Waals surface area contributed by atoms with E-state index in [0.29, 0.717) is 6.04 Å². The Morgan fingerprint density at radius 1 is 1.42 bits per heavy atom. The lowest BCUT2D eigenvalue weighted by molar-refractivity contribution is -0.0709. The standard InChI is InChI=1S/C16H24BrNO/c1-5-16(4)10-13(6-7-19-16)18-15-12(3)8-11(2)9-14(15)17/h8-9,13,18H,5-7,10H2,1-4H3. The molecule has 0 aromatic heterocycles. The van der Waals surface area contributed by atoms with Crippen LogP contribution in [0.1, 0.15) is 44.2 Å². The number of hydrogen-bond donors (Lipinski definition) is 1. The summed E-state index contributed by atoms with van der Waals surface area (Å²) in [6, 6.07) is 4.90. The van der Waals surface area contributed by atoms with Crippen LogP contribution in [0.5, 0.6) is 0 Å². The molecule has 2 atom stereocenters. The molecule has 2 nitrogen and oxygen atoms in total. The summed E-state index contributed by atoms with van der Waals surface area (Å²) >= 11 is 3.68. The number of rotatable bonds is 3. The summed E-state index contributed by atoms with van der Waals surface area (Å²) in [5.41, 5.74) is 3.86. The van der Waals surface area contributed by atoms with Crippen LogP contribution in [0.2, 0.25) is 0 Å². The van der Waals surface area contributed by atoms with Crippen molar-refractivity contribution in [2.75, 3.05) is 11.9 Å². The highest BCUT2D eigenvalue weighted by molar-refractivity contribution is 9.10. The zero-order chi connectivity index (χ0) is 14.0. The van der Waals surface area contributed by atoms with E-state index in [1.165, 1.54) is 16.8 Å². The highest BCUT2D eigenvalue weighted by Crippen LogP contribution is 2.33. The van der Waals surface area contributed by atoms with E-state index in [1.807, 2.05) is 0 Å². The van der Waals surface area contributed by atoms with Gasteiger partial charge in [0.25, 0.3) is 0 Å². The number of halogens is 1. The van der Waals surface area contributed by atoms with Crippen molar-refractivity contribution in [1.82, 2.24) is 0 Å². The van der Waals surface area contributed by atoms with Gasteiger partial charge in [0.2, 0.25) is 0 Å². The lowest BCUT2D eigenvalue weighted by atomic mass is 9.89. The molecule has 1 fully saturated rings. The van der Waals surface area contributed by atoms with Crippen molar-refractivity contribution in [3.05, 3.63) is 27.7 Å². The first kappa shape index (κ1) is 14.9. The van der Waals surface area contributed by atoms with Gasteiger partial charge < -0.3 is 10.1 Å². The summed E-state index contributed by atoms with van der Waals surface area (Å²) in [7, 11) is 0. The minimum Gasteiger partial charge on any atom is -0.381 e. The summed E-state index contributed by atoms with van der Waals surface area (Å²) in [6.07, 6.45) is 3.22. The summed E-state index contributed by atoms with van der Waals surface area (Å²) in [5, 5.41) is 3.71. The maximum Gasteiger partial charge on any atom is 0.0671 e. The van der Waals surface area contributed by atoms with Gasteiger partial charge in [0.15, 0.2) is 0 Å². The number of aryl methyl sites for hydroxylation is 2. The Kier molecular flexibility index (Phi) is 4.57. The van der Waals surface area contributed by atoms with E-state index in [9.17, 15) is 0 Å². The SMILES string of the molecule is CCC1(C)CC(Nc2c(C)cc(C)cc2Br)CCO1. The second kappa shape index (κ2) is 5.84. The van der Waals surface area contributed by atoms with Crippen LogP contribution in [-0.2, 0) is 4.74 Å². The van der Waals surface area contributed by atoms with Crippen molar-refractivity contribution in [3.8, 4) is 0 Å². The van der Waals surface area contributed by atoms with Gasteiger partial charge in [-0.25, -0.2) is 0 Å². The lowest BCUT2D eigenvalue weighted by Crippen LogP contribution is -2.42. The van der Waals surface area contributed by atoms with Gasteiger partial charge >= 0.3 is 0 Å². The minimum atomic E-state index is 0.0288. The fourth-order valence-electron chi connectivity index (χ4n) is 2.80. The number of ether oxygens (including phenoxy) is 1. The topological polar surface area (TPSA) is 21.3 Å². The van der Waals surface area contributed by atoms with E-state index in [4.69, 9.17) is 4.74 Å². The molecule has 19 heavy (non-hydrogen) atoms. The molecular weight excluding hydrogens is 302 g/mol. The molecule has 106 valence electrons. The molecule has 1 N–H and O–H groups in total. The molecule has 1 aromatic rings. The summed E-state index contributed by atoms with van der Waals surface area (Å²) in [4.78, 5) is 0. The van der Waals surface area contributed by atoms with Crippen molar-refractivity contribution in [3.63, 3.8) is 0 Å². The Balaban J connectivity index is 2.13. The first-order valence-corrected chi connectivity index (χ1v) is 7.90. The second-order valence-corrected chi connectivity index (χ2v) is 6.78. The zero-order valence-corrected chi connectivity index (χ0v) is 13.9. The molecule has 1 saturated heterocycles. The van der Waals surface area contributed by atoms with Gasteiger partial charge in [-0.05, 0) is 73.2 Å². The number of benzene rings is 1. The van der Waals surface area contributed by atoms with Crippen LogP contribution in [0.15, 0.2) is 16.6 Å². The highest BCUT2D eigenvalue weighted by Gasteiger charge is 2.31. The summed E-state index contributed by atoms with van der Waals surface area (Å²) in [5.74, 6) is 0. The molecule has 0 radical (unpaired) electrons. The maximum absolute atomic E-state index is 5.91. The largest absolute Gasteiger partial charge is 0.381 e. The molecule has 3 heteroatoms. The minimum absolute atomic E-state index is 0.0288. The van der Waals surface area contributed by atoms with Crippen molar-refractivity contribution < 1.29 is 4.74 Å². The van der Waals surface area contributed by atoms with Gasteiger partial charge in [0.1, 0.15) is 0 Å². The summed E-state index contributed by atoms with van der Waals surface area (Å²) in [6.45, 7) is 9.57. The molecule has 0 aliphatic carbocycles. The normalized spacial score (nSPS) is 27.3. The maximum atomic E-state index is 5.91. The van der Waals surface area contributed by atoms with Gasteiger partial charge in [-0.3, -0.25) is 0 Å². The third kappa shape index (κ3) is 3.51. The molecule has 2 rings (SSSR count). The van der Waals surface area contributed by atoms with Crippen molar-refractivity contribution in [2.45, 2.75) is 58.6 Å². The number of nitrogens with one attached hydrogen (secondary N) is 1. The van der Waals surface area contributed by atoms with E-state index in [2.05, 4.69) is 61.1 Å². The van der Waals surface area contributed by atoms with Crippen LogP contribution in [0.4, 0.5) is 5.69 Å². The molecule has 2 unspecified atom stereocenters. The van der Waals surface area contributed by atoms with Crippen molar-refractivity contribution in [2.24, 2.45) is 0 Å². The van der Waals surface area contributed by atoms with Crippen LogP contribution in [-0.4, -0.2) is 18.2 Å². The molecule has 0 spiro atoms. The average Bonchev–Trinajstić information content (AvgIpc) is 2.34. The van der Waals surface area contributed by atoms with Crippen LogP contribution in [0.25, 0.3) is 0 Å². The van der Waals surface area contributed by atoms with E-state index in [1.54, 1.807) is 0 Å². The van der Waals surface area contributed by atoms with Crippen LogP contribution < -0.4 is 5.32 Å². The molecule has 1 aromatic carbocycles. The van der Waals surface area contributed by atoms with E-state index >= 15 is 0 Å². The third-order valence-electron chi connectivity index (χ3n) is 4.12. The fraction of sp³-hybridized carbons (Fsp3) is 0.625. The molecule has 0 amide bonds. The lowest BCUT2D eigenvalue weighted by Gasteiger charge is -2.38. The monoisotopic (exact) mass is 325 g/mol. The fourth-order valence-corrected chi connectivity index (χ4v) is 3.59. The van der Waals surface area contributed by atoms with Gasteiger partial charge in [0.05, 0.1) is 11.3 Å². The predicted octanol–water partition coefficient (Wildman–Crippen LogP) is 4.83. The molecule has 1 heterocycles. The quantitative estimate of drug-likeness (QED) is 0.859. The van der Waals surface area contributed by atoms with Gasteiger partial charge in [0, 0.05) is 17.1 Å². The van der Waals surface area contributed by atoms with Gasteiger partial charge in [-0.2, -0.15) is 0 Å². The molecule has 1 aliphatic heterocycles. The Morgan fingerprint density at radius 3 is 2.79 bits per heavy atom. The smallest absolute Gasteiger partial charge is 0.0671 e. The Morgan fingerprint density at radius 2 is 2.16 bits per heavy atom. The predicted molar refractivity (Wildman–Crippen MR) is 84.9 cm³/mol.